The van der Waals surface area contributed by atoms with Crippen LogP contribution in [0.2, 0.25) is 5.02 Å². The Morgan fingerprint density at radius 2 is 2.10 bits per heavy atom. The molecule has 1 N–H and O–H groups in total. The van der Waals surface area contributed by atoms with E-state index in [1.54, 1.807) is 6.07 Å². The first-order valence-corrected chi connectivity index (χ1v) is 7.89. The van der Waals surface area contributed by atoms with Crippen molar-refractivity contribution < 1.29 is 4.79 Å². The van der Waals surface area contributed by atoms with Crippen LogP contribution in [0.25, 0.3) is 0 Å². The molecule has 0 saturated heterocycles. The smallest absolute Gasteiger partial charge is 0.237 e. The Morgan fingerprint density at radius 1 is 1.38 bits per heavy atom. The molecule has 2 rings (SSSR count). The number of rotatable bonds is 6. The van der Waals surface area contributed by atoms with E-state index in [-0.39, 0.29) is 5.91 Å². The lowest BCUT2D eigenvalue weighted by Gasteiger charge is -2.12. The SMILES string of the molecule is Cc1c(Cl)cccc1NC(=O)CCCSC1(C)N=NN=N1. The maximum atomic E-state index is 11.9. The van der Waals surface area contributed by atoms with Crippen molar-refractivity contribution in [2.24, 2.45) is 20.7 Å². The van der Waals surface area contributed by atoms with Crippen molar-refractivity contribution in [3.05, 3.63) is 28.8 Å². The highest BCUT2D eigenvalue weighted by Crippen LogP contribution is 2.32. The number of amides is 1. The maximum absolute atomic E-state index is 11.9. The summed E-state index contributed by atoms with van der Waals surface area (Å²) in [6.45, 7) is 3.72. The largest absolute Gasteiger partial charge is 0.326 e. The Balaban J connectivity index is 1.74. The number of halogens is 1. The van der Waals surface area contributed by atoms with Crippen LogP contribution in [0.1, 0.15) is 25.3 Å². The van der Waals surface area contributed by atoms with Crippen LogP contribution in [-0.2, 0) is 4.79 Å². The average molecular weight is 326 g/mol. The molecule has 0 spiro atoms. The second-order valence-electron chi connectivity index (χ2n) is 4.73. The van der Waals surface area contributed by atoms with E-state index in [1.165, 1.54) is 11.8 Å². The molecule has 8 heteroatoms. The first-order valence-electron chi connectivity index (χ1n) is 6.53. The maximum Gasteiger partial charge on any atom is 0.237 e. The summed E-state index contributed by atoms with van der Waals surface area (Å²) in [7, 11) is 0. The predicted molar refractivity (Wildman–Crippen MR) is 84.6 cm³/mol. The highest BCUT2D eigenvalue weighted by molar-refractivity contribution is 8.00. The molecule has 0 atom stereocenters. The van der Waals surface area contributed by atoms with Gasteiger partial charge in [-0.15, -0.1) is 22.0 Å². The van der Waals surface area contributed by atoms with Crippen molar-refractivity contribution in [2.45, 2.75) is 31.7 Å². The van der Waals surface area contributed by atoms with Gasteiger partial charge in [0.15, 0.2) is 0 Å². The van der Waals surface area contributed by atoms with E-state index in [0.717, 1.165) is 23.4 Å². The van der Waals surface area contributed by atoms with Crippen molar-refractivity contribution in [1.29, 1.82) is 0 Å². The molecular formula is C13H16ClN5OS. The quantitative estimate of drug-likeness (QED) is 0.775. The lowest BCUT2D eigenvalue weighted by atomic mass is 10.2. The second kappa shape index (κ2) is 7.00. The first kappa shape index (κ1) is 15.9. The summed E-state index contributed by atoms with van der Waals surface area (Å²) < 4.78 is 0. The fourth-order valence-corrected chi connectivity index (χ4v) is 2.78. The van der Waals surface area contributed by atoms with Gasteiger partial charge in [-0.05, 0) is 54.2 Å². The van der Waals surface area contributed by atoms with E-state index in [0.29, 0.717) is 11.4 Å². The minimum Gasteiger partial charge on any atom is -0.326 e. The Bertz CT molecular complexity index is 578. The van der Waals surface area contributed by atoms with E-state index in [1.807, 2.05) is 26.0 Å². The third kappa shape index (κ3) is 4.50. The lowest BCUT2D eigenvalue weighted by molar-refractivity contribution is -0.116. The van der Waals surface area contributed by atoms with Gasteiger partial charge in [-0.2, -0.15) is 0 Å². The summed E-state index contributed by atoms with van der Waals surface area (Å²) in [6, 6.07) is 5.46. The number of hydrogen-bond acceptors (Lipinski definition) is 6. The predicted octanol–water partition coefficient (Wildman–Crippen LogP) is 4.61. The molecule has 0 unspecified atom stereocenters. The Morgan fingerprint density at radius 3 is 2.81 bits per heavy atom. The van der Waals surface area contributed by atoms with Crippen LogP contribution < -0.4 is 5.32 Å². The third-order valence-corrected chi connectivity index (χ3v) is 4.58. The number of carbonyl (C=O) groups excluding carboxylic acids is 1. The van der Waals surface area contributed by atoms with E-state index >= 15 is 0 Å². The summed E-state index contributed by atoms with van der Waals surface area (Å²) in [5.41, 5.74) is 1.63. The average Bonchev–Trinajstić information content (AvgIpc) is 2.87. The normalized spacial score (nSPS) is 15.4. The zero-order valence-corrected chi connectivity index (χ0v) is 13.4. The van der Waals surface area contributed by atoms with Crippen molar-refractivity contribution in [2.75, 3.05) is 11.1 Å². The molecule has 1 aromatic carbocycles. The number of anilines is 1. The van der Waals surface area contributed by atoms with E-state index in [9.17, 15) is 4.79 Å². The summed E-state index contributed by atoms with van der Waals surface area (Å²) >= 11 is 7.54. The van der Waals surface area contributed by atoms with Gasteiger partial charge in [-0.1, -0.05) is 17.7 Å². The van der Waals surface area contributed by atoms with Crippen molar-refractivity contribution in [3.8, 4) is 0 Å². The minimum absolute atomic E-state index is 0.0270. The van der Waals surface area contributed by atoms with Gasteiger partial charge < -0.3 is 5.32 Å². The number of nitrogens with one attached hydrogen (secondary N) is 1. The zero-order valence-electron chi connectivity index (χ0n) is 11.8. The molecular weight excluding hydrogens is 310 g/mol. The molecule has 0 saturated carbocycles. The van der Waals surface area contributed by atoms with Crippen LogP contribution in [0.4, 0.5) is 5.69 Å². The Kier molecular flexibility index (Phi) is 5.30. The molecule has 1 amide bonds. The number of carbonyl (C=O) groups is 1. The summed E-state index contributed by atoms with van der Waals surface area (Å²) in [5, 5.41) is 18.3. The van der Waals surface area contributed by atoms with Crippen molar-refractivity contribution in [3.63, 3.8) is 0 Å². The molecule has 0 aromatic heterocycles. The molecule has 6 nitrogen and oxygen atoms in total. The van der Waals surface area contributed by atoms with Crippen molar-refractivity contribution in [1.82, 2.24) is 0 Å². The van der Waals surface area contributed by atoms with Crippen LogP contribution in [0.5, 0.6) is 0 Å². The van der Waals surface area contributed by atoms with E-state index < -0.39 is 4.99 Å². The topological polar surface area (TPSA) is 78.5 Å². The monoisotopic (exact) mass is 325 g/mol. The van der Waals surface area contributed by atoms with Gasteiger partial charge in [0.1, 0.15) is 0 Å². The molecule has 1 aliphatic heterocycles. The molecule has 0 aliphatic carbocycles. The van der Waals surface area contributed by atoms with Crippen LogP contribution in [-0.4, -0.2) is 16.7 Å². The number of benzene rings is 1. The molecule has 1 heterocycles. The van der Waals surface area contributed by atoms with Gasteiger partial charge in [-0.25, -0.2) is 0 Å². The van der Waals surface area contributed by atoms with E-state index in [4.69, 9.17) is 11.6 Å². The molecule has 0 bridgehead atoms. The lowest BCUT2D eigenvalue weighted by Crippen LogP contribution is -2.14. The minimum atomic E-state index is -0.625. The summed E-state index contributed by atoms with van der Waals surface area (Å²) in [6.07, 6.45) is 1.17. The molecule has 112 valence electrons. The van der Waals surface area contributed by atoms with Gasteiger partial charge in [-0.3, -0.25) is 4.79 Å². The Labute approximate surface area is 132 Å². The molecule has 21 heavy (non-hydrogen) atoms. The second-order valence-corrected chi connectivity index (χ2v) is 6.60. The Hall–Kier alpha value is -1.47. The van der Waals surface area contributed by atoms with Gasteiger partial charge in [0.2, 0.25) is 10.9 Å². The van der Waals surface area contributed by atoms with Crippen molar-refractivity contribution >= 4 is 35.0 Å². The van der Waals surface area contributed by atoms with Crippen LogP contribution in [0.3, 0.4) is 0 Å². The van der Waals surface area contributed by atoms with Gasteiger partial charge in [0.05, 0.1) is 0 Å². The molecule has 0 radical (unpaired) electrons. The van der Waals surface area contributed by atoms with Crippen LogP contribution in [0, 0.1) is 6.92 Å². The van der Waals surface area contributed by atoms with Gasteiger partial charge in [0.25, 0.3) is 0 Å². The first-order chi connectivity index (χ1) is 10.0. The van der Waals surface area contributed by atoms with E-state index in [2.05, 4.69) is 26.0 Å². The zero-order chi connectivity index (χ0) is 15.3. The highest BCUT2D eigenvalue weighted by atomic mass is 35.5. The fourth-order valence-electron chi connectivity index (χ4n) is 1.74. The summed E-state index contributed by atoms with van der Waals surface area (Å²) in [5.74, 6) is 0.733. The molecule has 1 aliphatic rings. The highest BCUT2D eigenvalue weighted by Gasteiger charge is 2.26. The fraction of sp³-hybridized carbons (Fsp3) is 0.462. The number of nitrogens with zero attached hydrogens (tertiary/aromatic N) is 4. The number of thioether (sulfide) groups is 1. The van der Waals surface area contributed by atoms with Crippen LogP contribution in [0.15, 0.2) is 38.9 Å². The van der Waals surface area contributed by atoms with Gasteiger partial charge in [0, 0.05) is 17.1 Å². The standard InChI is InChI=1S/C13H16ClN5OS/c1-9-10(14)5-3-6-11(9)15-12(20)7-4-8-21-13(2)16-18-19-17-13/h3,5-6H,4,7-8H2,1-2H3,(H,15,20). The molecule has 0 fully saturated rings. The molecule has 1 aromatic rings. The number of hydrogen-bond donors (Lipinski definition) is 1. The van der Waals surface area contributed by atoms with Gasteiger partial charge >= 0.3 is 0 Å². The van der Waals surface area contributed by atoms with Crippen LogP contribution >= 0.6 is 23.4 Å². The summed E-state index contributed by atoms with van der Waals surface area (Å²) in [4.78, 5) is 11.3. The third-order valence-electron chi connectivity index (χ3n) is 2.97.